The number of rotatable bonds is 5. The minimum atomic E-state index is 0.00126. The van der Waals surface area contributed by atoms with Gasteiger partial charge in [0, 0.05) is 19.3 Å². The average Bonchev–Trinajstić information content (AvgIpc) is 2.48. The Morgan fingerprint density at radius 2 is 2.11 bits per heavy atom. The van der Waals surface area contributed by atoms with Crippen LogP contribution in [0, 0.1) is 0 Å². The van der Waals surface area contributed by atoms with Crippen molar-refractivity contribution in [3.05, 3.63) is 41.5 Å². The zero-order valence-corrected chi connectivity index (χ0v) is 11.5. The molecule has 1 aromatic rings. The Bertz CT molecular complexity index is 466. The summed E-state index contributed by atoms with van der Waals surface area (Å²) in [7, 11) is 1.83. The molecule has 1 amide bonds. The van der Waals surface area contributed by atoms with Crippen molar-refractivity contribution in [3.8, 4) is 0 Å². The quantitative estimate of drug-likeness (QED) is 0.795. The monoisotopic (exact) mass is 258 g/mol. The molecule has 3 heteroatoms. The van der Waals surface area contributed by atoms with E-state index in [-0.39, 0.29) is 5.91 Å². The third-order valence-electron chi connectivity index (χ3n) is 3.56. The van der Waals surface area contributed by atoms with Crippen molar-refractivity contribution in [2.75, 3.05) is 18.9 Å². The molecule has 0 atom stereocenters. The molecule has 2 N–H and O–H groups in total. The molecular formula is C16H22N2O. The van der Waals surface area contributed by atoms with E-state index in [1.807, 2.05) is 31.3 Å². The highest BCUT2D eigenvalue weighted by Crippen LogP contribution is 2.19. The van der Waals surface area contributed by atoms with E-state index in [9.17, 15) is 4.79 Å². The van der Waals surface area contributed by atoms with Gasteiger partial charge in [-0.15, -0.1) is 0 Å². The van der Waals surface area contributed by atoms with Crippen LogP contribution in [-0.4, -0.2) is 19.5 Å². The van der Waals surface area contributed by atoms with E-state index < -0.39 is 0 Å². The molecule has 0 saturated heterocycles. The molecule has 0 unspecified atom stereocenters. The maximum Gasteiger partial charge on any atom is 0.253 e. The first-order valence-electron chi connectivity index (χ1n) is 7.04. The molecule has 19 heavy (non-hydrogen) atoms. The van der Waals surface area contributed by atoms with Crippen LogP contribution in [-0.2, 0) is 0 Å². The molecule has 2 rings (SSSR count). The molecule has 0 radical (unpaired) electrons. The topological polar surface area (TPSA) is 41.1 Å². The number of nitrogens with one attached hydrogen (secondary N) is 2. The van der Waals surface area contributed by atoms with Gasteiger partial charge in [-0.2, -0.15) is 0 Å². The Morgan fingerprint density at radius 1 is 1.26 bits per heavy atom. The first-order valence-corrected chi connectivity index (χ1v) is 7.04. The van der Waals surface area contributed by atoms with Gasteiger partial charge in [-0.1, -0.05) is 23.8 Å². The van der Waals surface area contributed by atoms with E-state index in [0.717, 1.165) is 18.7 Å². The van der Waals surface area contributed by atoms with Crippen molar-refractivity contribution in [2.24, 2.45) is 0 Å². The summed E-state index contributed by atoms with van der Waals surface area (Å²) in [6.45, 7) is 0.725. The van der Waals surface area contributed by atoms with Gasteiger partial charge in [0.05, 0.1) is 5.56 Å². The van der Waals surface area contributed by atoms with E-state index in [4.69, 9.17) is 0 Å². The van der Waals surface area contributed by atoms with Gasteiger partial charge in [-0.05, 0) is 44.2 Å². The molecule has 0 fully saturated rings. The standard InChI is InChI=1S/C16H22N2O/c1-17-15-10-6-5-9-14(15)16(19)18-12-11-13-7-3-2-4-8-13/h5-7,9-10,17H,2-4,8,11-12H2,1H3,(H,18,19). The van der Waals surface area contributed by atoms with Crippen LogP contribution in [0.25, 0.3) is 0 Å². The summed E-state index contributed by atoms with van der Waals surface area (Å²) in [4.78, 5) is 12.1. The van der Waals surface area contributed by atoms with Crippen molar-refractivity contribution in [1.82, 2.24) is 5.32 Å². The zero-order valence-electron chi connectivity index (χ0n) is 11.5. The summed E-state index contributed by atoms with van der Waals surface area (Å²) in [5.41, 5.74) is 3.08. The van der Waals surface area contributed by atoms with E-state index in [1.165, 1.54) is 31.3 Å². The van der Waals surface area contributed by atoms with Gasteiger partial charge in [0.1, 0.15) is 0 Å². The fourth-order valence-corrected chi connectivity index (χ4v) is 2.46. The van der Waals surface area contributed by atoms with Crippen molar-refractivity contribution >= 4 is 11.6 Å². The van der Waals surface area contributed by atoms with E-state index in [1.54, 1.807) is 0 Å². The van der Waals surface area contributed by atoms with Crippen LogP contribution in [0.15, 0.2) is 35.9 Å². The minimum absolute atomic E-state index is 0.00126. The van der Waals surface area contributed by atoms with Gasteiger partial charge in [0.2, 0.25) is 0 Å². The number of amides is 1. The smallest absolute Gasteiger partial charge is 0.253 e. The molecule has 1 aliphatic rings. The number of para-hydroxylation sites is 1. The molecule has 102 valence electrons. The molecule has 1 aliphatic carbocycles. The summed E-state index contributed by atoms with van der Waals surface area (Å²) in [6, 6.07) is 7.58. The first-order chi connectivity index (χ1) is 9.31. The lowest BCUT2D eigenvalue weighted by Gasteiger charge is -2.13. The third kappa shape index (κ3) is 3.85. The fourth-order valence-electron chi connectivity index (χ4n) is 2.46. The van der Waals surface area contributed by atoms with Crippen molar-refractivity contribution in [2.45, 2.75) is 32.1 Å². The number of benzene rings is 1. The number of allylic oxidation sites excluding steroid dienone is 1. The van der Waals surface area contributed by atoms with Crippen LogP contribution < -0.4 is 10.6 Å². The Hall–Kier alpha value is -1.77. The van der Waals surface area contributed by atoms with Gasteiger partial charge in [0.15, 0.2) is 0 Å². The number of carbonyl (C=O) groups excluding carboxylic acids is 1. The number of anilines is 1. The number of hydrogen-bond donors (Lipinski definition) is 2. The lowest BCUT2D eigenvalue weighted by molar-refractivity contribution is 0.0955. The van der Waals surface area contributed by atoms with Gasteiger partial charge in [0.25, 0.3) is 5.91 Å². The van der Waals surface area contributed by atoms with Crippen LogP contribution in [0.5, 0.6) is 0 Å². The number of hydrogen-bond acceptors (Lipinski definition) is 2. The maximum atomic E-state index is 12.1. The van der Waals surface area contributed by atoms with Gasteiger partial charge < -0.3 is 10.6 Å². The van der Waals surface area contributed by atoms with Crippen LogP contribution >= 0.6 is 0 Å². The lowest BCUT2D eigenvalue weighted by Crippen LogP contribution is -2.25. The minimum Gasteiger partial charge on any atom is -0.387 e. The molecular weight excluding hydrogens is 236 g/mol. The van der Waals surface area contributed by atoms with Gasteiger partial charge in [-0.3, -0.25) is 4.79 Å². The van der Waals surface area contributed by atoms with E-state index in [0.29, 0.717) is 5.56 Å². The molecule has 0 aromatic heterocycles. The van der Waals surface area contributed by atoms with Gasteiger partial charge in [-0.25, -0.2) is 0 Å². The largest absolute Gasteiger partial charge is 0.387 e. The Balaban J connectivity index is 1.85. The molecule has 3 nitrogen and oxygen atoms in total. The van der Waals surface area contributed by atoms with Crippen molar-refractivity contribution in [3.63, 3.8) is 0 Å². The Kier molecular flexibility index (Phi) is 5.01. The highest BCUT2D eigenvalue weighted by molar-refractivity contribution is 5.99. The highest BCUT2D eigenvalue weighted by Gasteiger charge is 2.10. The molecule has 0 bridgehead atoms. The summed E-state index contributed by atoms with van der Waals surface area (Å²) in [5.74, 6) is 0.00126. The van der Waals surface area contributed by atoms with Gasteiger partial charge >= 0.3 is 0 Å². The fraction of sp³-hybridized carbons (Fsp3) is 0.438. The predicted molar refractivity (Wildman–Crippen MR) is 79.5 cm³/mol. The summed E-state index contributed by atoms with van der Waals surface area (Å²) in [6.07, 6.45) is 8.31. The second kappa shape index (κ2) is 6.98. The first kappa shape index (κ1) is 13.7. The Labute approximate surface area is 115 Å². The maximum absolute atomic E-state index is 12.1. The zero-order chi connectivity index (χ0) is 13.5. The van der Waals surface area contributed by atoms with E-state index in [2.05, 4.69) is 16.7 Å². The van der Waals surface area contributed by atoms with Crippen LogP contribution in [0.1, 0.15) is 42.5 Å². The van der Waals surface area contributed by atoms with Crippen LogP contribution in [0.2, 0.25) is 0 Å². The summed E-state index contributed by atoms with van der Waals surface area (Å²) in [5, 5.41) is 6.05. The second-order valence-electron chi connectivity index (χ2n) is 4.91. The van der Waals surface area contributed by atoms with Crippen molar-refractivity contribution in [1.29, 1.82) is 0 Å². The third-order valence-corrected chi connectivity index (χ3v) is 3.56. The molecule has 0 saturated carbocycles. The second-order valence-corrected chi connectivity index (χ2v) is 4.91. The van der Waals surface area contributed by atoms with Crippen LogP contribution in [0.3, 0.4) is 0 Å². The predicted octanol–water partition coefficient (Wildman–Crippen LogP) is 3.35. The van der Waals surface area contributed by atoms with E-state index >= 15 is 0 Å². The average molecular weight is 258 g/mol. The lowest BCUT2D eigenvalue weighted by atomic mass is 9.97. The Morgan fingerprint density at radius 3 is 2.84 bits per heavy atom. The highest BCUT2D eigenvalue weighted by atomic mass is 16.1. The molecule has 0 aliphatic heterocycles. The summed E-state index contributed by atoms with van der Waals surface area (Å²) < 4.78 is 0. The number of carbonyl (C=O) groups is 1. The SMILES string of the molecule is CNc1ccccc1C(=O)NCCC1=CCCCC1. The summed E-state index contributed by atoms with van der Waals surface area (Å²) >= 11 is 0. The normalized spacial score (nSPS) is 14.7. The molecule has 0 spiro atoms. The van der Waals surface area contributed by atoms with Crippen molar-refractivity contribution < 1.29 is 4.79 Å². The molecule has 1 aromatic carbocycles. The molecule has 0 heterocycles. The van der Waals surface area contributed by atoms with Crippen LogP contribution in [0.4, 0.5) is 5.69 Å².